The Morgan fingerprint density at radius 3 is 3.04 bits per heavy atom. The SMILES string of the molecule is CCNC(=NCC1CCCN(C)C1c1cccs1)NCCc1nc(C)no1. The van der Waals surface area contributed by atoms with Gasteiger partial charge in [0.05, 0.1) is 0 Å². The average molecular weight is 391 g/mol. The first-order valence-corrected chi connectivity index (χ1v) is 10.6. The van der Waals surface area contributed by atoms with Gasteiger partial charge in [-0.2, -0.15) is 4.98 Å². The van der Waals surface area contributed by atoms with E-state index in [1.54, 1.807) is 0 Å². The van der Waals surface area contributed by atoms with E-state index >= 15 is 0 Å². The lowest BCUT2D eigenvalue weighted by Gasteiger charge is -2.38. The molecule has 0 amide bonds. The first-order chi connectivity index (χ1) is 13.2. The summed E-state index contributed by atoms with van der Waals surface area (Å²) in [7, 11) is 2.23. The van der Waals surface area contributed by atoms with Crippen LogP contribution in [0, 0.1) is 12.8 Å². The number of nitrogens with one attached hydrogen (secondary N) is 2. The molecule has 0 radical (unpaired) electrons. The number of rotatable bonds is 7. The van der Waals surface area contributed by atoms with Gasteiger partial charge in [0.15, 0.2) is 11.8 Å². The normalized spacial score (nSPS) is 21.4. The number of thiophene rings is 1. The fourth-order valence-electron chi connectivity index (χ4n) is 3.64. The van der Waals surface area contributed by atoms with Crippen LogP contribution in [-0.4, -0.2) is 54.2 Å². The van der Waals surface area contributed by atoms with Gasteiger partial charge in [-0.1, -0.05) is 11.2 Å². The van der Waals surface area contributed by atoms with Crippen molar-refractivity contribution in [2.45, 2.75) is 39.2 Å². The molecule has 8 heteroatoms. The maximum atomic E-state index is 5.16. The highest BCUT2D eigenvalue weighted by Crippen LogP contribution is 2.37. The predicted molar refractivity (Wildman–Crippen MR) is 109 cm³/mol. The van der Waals surface area contributed by atoms with Crippen molar-refractivity contribution in [3.05, 3.63) is 34.1 Å². The third-order valence-corrected chi connectivity index (χ3v) is 5.81. The molecule has 148 valence electrons. The van der Waals surface area contributed by atoms with Crippen LogP contribution in [0.15, 0.2) is 27.0 Å². The summed E-state index contributed by atoms with van der Waals surface area (Å²) in [5.74, 6) is 2.72. The number of guanidine groups is 1. The number of aryl methyl sites for hydroxylation is 1. The summed E-state index contributed by atoms with van der Waals surface area (Å²) in [5.41, 5.74) is 0. The van der Waals surface area contributed by atoms with Crippen LogP contribution >= 0.6 is 11.3 Å². The van der Waals surface area contributed by atoms with Crippen molar-refractivity contribution in [1.82, 2.24) is 25.7 Å². The highest BCUT2D eigenvalue weighted by Gasteiger charge is 2.31. The molecule has 1 saturated heterocycles. The van der Waals surface area contributed by atoms with Crippen molar-refractivity contribution in [1.29, 1.82) is 0 Å². The Kier molecular flexibility index (Phi) is 7.23. The topological polar surface area (TPSA) is 78.6 Å². The highest BCUT2D eigenvalue weighted by molar-refractivity contribution is 7.10. The van der Waals surface area contributed by atoms with Crippen molar-refractivity contribution in [3.63, 3.8) is 0 Å². The molecule has 0 saturated carbocycles. The van der Waals surface area contributed by atoms with Gasteiger partial charge in [-0.05, 0) is 57.6 Å². The zero-order valence-electron chi connectivity index (χ0n) is 16.4. The number of hydrogen-bond donors (Lipinski definition) is 2. The lowest BCUT2D eigenvalue weighted by atomic mass is 9.88. The fraction of sp³-hybridized carbons (Fsp3) is 0.632. The number of aliphatic imine (C=N–C) groups is 1. The summed E-state index contributed by atoms with van der Waals surface area (Å²) in [6.45, 7) is 7.45. The summed E-state index contributed by atoms with van der Waals surface area (Å²) in [6, 6.07) is 4.86. The van der Waals surface area contributed by atoms with Crippen molar-refractivity contribution in [2.24, 2.45) is 10.9 Å². The maximum Gasteiger partial charge on any atom is 0.228 e. The third kappa shape index (κ3) is 5.52. The molecule has 0 aliphatic carbocycles. The van der Waals surface area contributed by atoms with Crippen LogP contribution in [-0.2, 0) is 6.42 Å². The van der Waals surface area contributed by atoms with Crippen molar-refractivity contribution in [2.75, 3.05) is 33.2 Å². The number of aromatic nitrogens is 2. The number of hydrogen-bond acceptors (Lipinski definition) is 6. The zero-order valence-corrected chi connectivity index (χ0v) is 17.3. The molecule has 3 rings (SSSR count). The monoisotopic (exact) mass is 390 g/mol. The van der Waals surface area contributed by atoms with Crippen LogP contribution in [0.2, 0.25) is 0 Å². The van der Waals surface area contributed by atoms with Gasteiger partial charge >= 0.3 is 0 Å². The quantitative estimate of drug-likeness (QED) is 0.559. The Hall–Kier alpha value is -1.93. The van der Waals surface area contributed by atoms with Crippen LogP contribution in [0.3, 0.4) is 0 Å². The van der Waals surface area contributed by atoms with Crippen LogP contribution in [0.1, 0.15) is 42.4 Å². The smallest absolute Gasteiger partial charge is 0.228 e. The van der Waals surface area contributed by atoms with Gasteiger partial charge < -0.3 is 15.2 Å². The Morgan fingerprint density at radius 1 is 1.44 bits per heavy atom. The molecular formula is C19H30N6OS. The van der Waals surface area contributed by atoms with Gasteiger partial charge in [-0.3, -0.25) is 9.89 Å². The molecule has 2 unspecified atom stereocenters. The second-order valence-electron chi connectivity index (χ2n) is 6.97. The number of likely N-dealkylation sites (tertiary alicyclic amines) is 1. The van der Waals surface area contributed by atoms with Crippen molar-refractivity contribution < 1.29 is 4.52 Å². The number of nitrogens with zero attached hydrogens (tertiary/aromatic N) is 4. The molecule has 1 aliphatic rings. The fourth-order valence-corrected chi connectivity index (χ4v) is 4.62. The first kappa shape index (κ1) is 19.8. The lowest BCUT2D eigenvalue weighted by molar-refractivity contribution is 0.128. The van der Waals surface area contributed by atoms with Crippen LogP contribution in [0.25, 0.3) is 0 Å². The van der Waals surface area contributed by atoms with Crippen molar-refractivity contribution in [3.8, 4) is 0 Å². The van der Waals surface area contributed by atoms with E-state index in [1.165, 1.54) is 17.7 Å². The summed E-state index contributed by atoms with van der Waals surface area (Å²) >= 11 is 1.85. The minimum atomic E-state index is 0.465. The molecule has 7 nitrogen and oxygen atoms in total. The minimum absolute atomic E-state index is 0.465. The molecule has 2 atom stereocenters. The summed E-state index contributed by atoms with van der Waals surface area (Å²) < 4.78 is 5.16. The van der Waals surface area contributed by atoms with Crippen LogP contribution in [0.4, 0.5) is 0 Å². The van der Waals surface area contributed by atoms with E-state index in [0.29, 0.717) is 36.6 Å². The van der Waals surface area contributed by atoms with Gasteiger partial charge in [0, 0.05) is 37.0 Å². The van der Waals surface area contributed by atoms with Gasteiger partial charge in [0.2, 0.25) is 5.89 Å². The van der Waals surface area contributed by atoms with E-state index in [-0.39, 0.29) is 0 Å². The molecule has 1 fully saturated rings. The predicted octanol–water partition coefficient (Wildman–Crippen LogP) is 2.62. The Balaban J connectivity index is 1.58. The summed E-state index contributed by atoms with van der Waals surface area (Å²) in [6.07, 6.45) is 3.14. The molecule has 2 N–H and O–H groups in total. The molecular weight excluding hydrogens is 360 g/mol. The van der Waals surface area contributed by atoms with Gasteiger partial charge in [0.1, 0.15) is 0 Å². The summed E-state index contributed by atoms with van der Waals surface area (Å²) in [4.78, 5) is 13.0. The Labute approximate surface area is 165 Å². The van der Waals surface area contributed by atoms with Crippen molar-refractivity contribution >= 4 is 17.3 Å². The molecule has 0 aromatic carbocycles. The third-order valence-electron chi connectivity index (χ3n) is 4.87. The second-order valence-corrected chi connectivity index (χ2v) is 7.95. The Bertz CT molecular complexity index is 714. The summed E-state index contributed by atoms with van der Waals surface area (Å²) in [5, 5.41) is 12.7. The highest BCUT2D eigenvalue weighted by atomic mass is 32.1. The first-order valence-electron chi connectivity index (χ1n) is 9.72. The van der Waals surface area contributed by atoms with E-state index in [2.05, 4.69) is 57.2 Å². The van der Waals surface area contributed by atoms with Gasteiger partial charge in [0.25, 0.3) is 0 Å². The van der Waals surface area contributed by atoms with E-state index in [9.17, 15) is 0 Å². The van der Waals surface area contributed by atoms with E-state index in [0.717, 1.165) is 25.6 Å². The average Bonchev–Trinajstić information content (AvgIpc) is 3.31. The largest absolute Gasteiger partial charge is 0.357 e. The molecule has 0 spiro atoms. The van der Waals surface area contributed by atoms with Crippen LogP contribution < -0.4 is 10.6 Å². The van der Waals surface area contributed by atoms with Gasteiger partial charge in [-0.15, -0.1) is 11.3 Å². The lowest BCUT2D eigenvalue weighted by Crippen LogP contribution is -2.40. The number of piperidine rings is 1. The van der Waals surface area contributed by atoms with E-state index in [1.807, 2.05) is 18.3 Å². The standard InChI is InChI=1S/C19H30N6OS/c1-4-20-19(21-10-9-17-23-14(2)24-26-17)22-13-15-7-5-11-25(3)18(15)16-8-6-12-27-16/h6,8,12,15,18H,4-5,7,9-11,13H2,1-3H3,(H2,20,21,22). The molecule has 3 heterocycles. The Morgan fingerprint density at radius 2 is 2.33 bits per heavy atom. The molecule has 0 bridgehead atoms. The molecule has 1 aliphatic heterocycles. The zero-order chi connectivity index (χ0) is 19.1. The molecule has 27 heavy (non-hydrogen) atoms. The van der Waals surface area contributed by atoms with Gasteiger partial charge in [-0.25, -0.2) is 0 Å². The van der Waals surface area contributed by atoms with E-state index in [4.69, 9.17) is 9.52 Å². The van der Waals surface area contributed by atoms with Crippen LogP contribution in [0.5, 0.6) is 0 Å². The molecule has 2 aromatic heterocycles. The maximum absolute atomic E-state index is 5.16. The minimum Gasteiger partial charge on any atom is -0.357 e. The van der Waals surface area contributed by atoms with E-state index < -0.39 is 0 Å². The molecule has 2 aromatic rings. The second kappa shape index (κ2) is 9.85.